The molecule has 0 bridgehead atoms. The molecule has 0 radical (unpaired) electrons. The van der Waals surface area contributed by atoms with Crippen LogP contribution in [0.4, 0.5) is 5.69 Å². The molecule has 0 unspecified atom stereocenters. The SMILES string of the molecule is COc1ccc([N+](=O)[O-])cc1-n1ccc(C(=O)O)n1. The zero-order valence-electron chi connectivity index (χ0n) is 9.81. The Kier molecular flexibility index (Phi) is 3.15. The Hall–Kier alpha value is -2.90. The number of nitrogens with zero attached hydrogens (tertiary/aromatic N) is 3. The summed E-state index contributed by atoms with van der Waals surface area (Å²) in [4.78, 5) is 20.9. The average molecular weight is 263 g/mol. The van der Waals surface area contributed by atoms with Crippen molar-refractivity contribution in [2.45, 2.75) is 0 Å². The van der Waals surface area contributed by atoms with Gasteiger partial charge in [-0.2, -0.15) is 5.10 Å². The first-order chi connectivity index (χ1) is 9.02. The Morgan fingerprint density at radius 3 is 2.74 bits per heavy atom. The number of non-ortho nitro benzene ring substituents is 1. The van der Waals surface area contributed by atoms with Gasteiger partial charge in [-0.05, 0) is 12.1 Å². The number of nitro groups is 1. The molecule has 0 saturated heterocycles. The van der Waals surface area contributed by atoms with Gasteiger partial charge in [0, 0.05) is 18.3 Å². The molecule has 1 N–H and O–H groups in total. The van der Waals surface area contributed by atoms with E-state index in [9.17, 15) is 14.9 Å². The molecule has 0 atom stereocenters. The molecule has 1 aromatic heterocycles. The second-order valence-corrected chi connectivity index (χ2v) is 3.56. The molecule has 8 heteroatoms. The number of carbonyl (C=O) groups is 1. The summed E-state index contributed by atoms with van der Waals surface area (Å²) in [5.74, 6) is -0.825. The smallest absolute Gasteiger partial charge is 0.356 e. The first-order valence-corrected chi connectivity index (χ1v) is 5.14. The number of rotatable bonds is 4. The first kappa shape index (κ1) is 12.6. The summed E-state index contributed by atoms with van der Waals surface area (Å²) in [7, 11) is 1.41. The fourth-order valence-corrected chi connectivity index (χ4v) is 1.54. The van der Waals surface area contributed by atoms with Crippen LogP contribution in [-0.4, -0.2) is 32.9 Å². The summed E-state index contributed by atoms with van der Waals surface area (Å²) in [6, 6.07) is 5.28. The lowest BCUT2D eigenvalue weighted by Crippen LogP contribution is -2.03. The largest absolute Gasteiger partial charge is 0.494 e. The van der Waals surface area contributed by atoms with E-state index >= 15 is 0 Å². The standard InChI is InChI=1S/C11H9N3O5/c1-19-10-3-2-7(14(17)18)6-9(10)13-5-4-8(12-13)11(15)16/h2-6H,1H3,(H,15,16). The predicted molar refractivity (Wildman–Crippen MR) is 63.7 cm³/mol. The van der Waals surface area contributed by atoms with Gasteiger partial charge in [0.15, 0.2) is 5.69 Å². The van der Waals surface area contributed by atoms with Crippen LogP contribution in [0.25, 0.3) is 5.69 Å². The highest BCUT2D eigenvalue weighted by molar-refractivity contribution is 5.85. The number of nitro benzene ring substituents is 1. The van der Waals surface area contributed by atoms with E-state index in [1.54, 1.807) is 0 Å². The van der Waals surface area contributed by atoms with Gasteiger partial charge in [-0.25, -0.2) is 9.48 Å². The lowest BCUT2D eigenvalue weighted by Gasteiger charge is -2.07. The van der Waals surface area contributed by atoms with E-state index < -0.39 is 10.9 Å². The first-order valence-electron chi connectivity index (χ1n) is 5.14. The lowest BCUT2D eigenvalue weighted by molar-refractivity contribution is -0.384. The van der Waals surface area contributed by atoms with Gasteiger partial charge in [-0.15, -0.1) is 0 Å². The van der Waals surface area contributed by atoms with Crippen LogP contribution >= 0.6 is 0 Å². The number of hydrogen-bond acceptors (Lipinski definition) is 5. The summed E-state index contributed by atoms with van der Waals surface area (Å²) in [6.45, 7) is 0. The third-order valence-electron chi connectivity index (χ3n) is 2.43. The minimum absolute atomic E-state index is 0.136. The quantitative estimate of drug-likeness (QED) is 0.661. The average Bonchev–Trinajstić information content (AvgIpc) is 2.87. The summed E-state index contributed by atoms with van der Waals surface area (Å²) < 4.78 is 6.29. The summed E-state index contributed by atoms with van der Waals surface area (Å²) in [5, 5.41) is 23.3. The van der Waals surface area contributed by atoms with Crippen molar-refractivity contribution in [3.05, 3.63) is 46.3 Å². The third-order valence-corrected chi connectivity index (χ3v) is 2.43. The second-order valence-electron chi connectivity index (χ2n) is 3.56. The van der Waals surface area contributed by atoms with Gasteiger partial charge in [-0.3, -0.25) is 10.1 Å². The molecular weight excluding hydrogens is 254 g/mol. The maximum absolute atomic E-state index is 10.8. The van der Waals surface area contributed by atoms with Crippen molar-refractivity contribution in [3.8, 4) is 11.4 Å². The van der Waals surface area contributed by atoms with Crippen LogP contribution in [0.1, 0.15) is 10.5 Å². The van der Waals surface area contributed by atoms with Crippen LogP contribution < -0.4 is 4.74 Å². The Morgan fingerprint density at radius 1 is 1.47 bits per heavy atom. The molecule has 0 saturated carbocycles. The van der Waals surface area contributed by atoms with Gasteiger partial charge >= 0.3 is 5.97 Å². The van der Waals surface area contributed by atoms with Crippen molar-refractivity contribution >= 4 is 11.7 Å². The minimum Gasteiger partial charge on any atom is -0.494 e. The molecule has 0 aliphatic heterocycles. The highest BCUT2D eigenvalue weighted by Gasteiger charge is 2.15. The highest BCUT2D eigenvalue weighted by Crippen LogP contribution is 2.27. The number of methoxy groups -OCH3 is 1. The molecule has 2 rings (SSSR count). The van der Waals surface area contributed by atoms with Crippen molar-refractivity contribution in [2.24, 2.45) is 0 Å². The maximum atomic E-state index is 10.8. The molecule has 1 aromatic carbocycles. The molecule has 0 amide bonds. The van der Waals surface area contributed by atoms with E-state index in [4.69, 9.17) is 9.84 Å². The Balaban J connectivity index is 2.54. The molecule has 0 fully saturated rings. The van der Waals surface area contributed by atoms with Crippen molar-refractivity contribution < 1.29 is 19.6 Å². The molecule has 1 heterocycles. The number of carboxylic acids is 1. The second kappa shape index (κ2) is 4.77. The Morgan fingerprint density at radius 2 is 2.21 bits per heavy atom. The summed E-state index contributed by atoms with van der Waals surface area (Å²) in [5.41, 5.74) is 0.000865. The molecule has 2 aromatic rings. The van der Waals surface area contributed by atoms with Crippen LogP contribution in [0.15, 0.2) is 30.5 Å². The Bertz CT molecular complexity index is 650. The number of benzene rings is 1. The van der Waals surface area contributed by atoms with Crippen LogP contribution in [0.2, 0.25) is 0 Å². The zero-order valence-corrected chi connectivity index (χ0v) is 9.81. The van der Waals surface area contributed by atoms with Crippen molar-refractivity contribution in [3.63, 3.8) is 0 Å². The number of aromatic carboxylic acids is 1. The van der Waals surface area contributed by atoms with E-state index in [-0.39, 0.29) is 11.4 Å². The number of carboxylic acid groups (broad SMARTS) is 1. The minimum atomic E-state index is -1.18. The van der Waals surface area contributed by atoms with Crippen LogP contribution in [0, 0.1) is 10.1 Å². The van der Waals surface area contributed by atoms with E-state index in [1.807, 2.05) is 0 Å². The van der Waals surface area contributed by atoms with Crippen molar-refractivity contribution in [1.29, 1.82) is 0 Å². The molecule has 98 valence electrons. The van der Waals surface area contributed by atoms with Gasteiger partial charge < -0.3 is 9.84 Å². The van der Waals surface area contributed by atoms with Gasteiger partial charge in [0.2, 0.25) is 0 Å². The van der Waals surface area contributed by atoms with Gasteiger partial charge in [0.1, 0.15) is 11.4 Å². The molecular formula is C11H9N3O5. The van der Waals surface area contributed by atoms with E-state index in [1.165, 1.54) is 42.3 Å². The van der Waals surface area contributed by atoms with Crippen LogP contribution in [0.3, 0.4) is 0 Å². The fraction of sp³-hybridized carbons (Fsp3) is 0.0909. The maximum Gasteiger partial charge on any atom is 0.356 e. The van der Waals surface area contributed by atoms with E-state index in [2.05, 4.69) is 5.10 Å². The molecule has 19 heavy (non-hydrogen) atoms. The molecule has 0 aliphatic rings. The zero-order chi connectivity index (χ0) is 14.0. The summed E-state index contributed by atoms with van der Waals surface area (Å²) in [6.07, 6.45) is 1.39. The Labute approximate surface area is 107 Å². The fourth-order valence-electron chi connectivity index (χ4n) is 1.54. The van der Waals surface area contributed by atoms with E-state index in [0.29, 0.717) is 11.4 Å². The predicted octanol–water partition coefficient (Wildman–Crippen LogP) is 1.49. The lowest BCUT2D eigenvalue weighted by atomic mass is 10.2. The van der Waals surface area contributed by atoms with Crippen molar-refractivity contribution in [2.75, 3.05) is 7.11 Å². The van der Waals surface area contributed by atoms with E-state index in [0.717, 1.165) is 0 Å². The topological polar surface area (TPSA) is 107 Å². The van der Waals surface area contributed by atoms with Crippen LogP contribution in [-0.2, 0) is 0 Å². The van der Waals surface area contributed by atoms with Gasteiger partial charge in [-0.1, -0.05) is 0 Å². The number of ether oxygens (including phenoxy) is 1. The van der Waals surface area contributed by atoms with Crippen molar-refractivity contribution in [1.82, 2.24) is 9.78 Å². The van der Waals surface area contributed by atoms with Gasteiger partial charge in [0.25, 0.3) is 5.69 Å². The third kappa shape index (κ3) is 2.37. The normalized spacial score (nSPS) is 10.2. The molecule has 8 nitrogen and oxygen atoms in total. The van der Waals surface area contributed by atoms with Crippen LogP contribution in [0.5, 0.6) is 5.75 Å². The monoisotopic (exact) mass is 263 g/mol. The highest BCUT2D eigenvalue weighted by atomic mass is 16.6. The molecule has 0 spiro atoms. The van der Waals surface area contributed by atoms with Gasteiger partial charge in [0.05, 0.1) is 12.0 Å². The molecule has 0 aliphatic carbocycles. The number of aromatic nitrogens is 2. The summed E-state index contributed by atoms with van der Waals surface area (Å²) >= 11 is 0. The number of hydrogen-bond donors (Lipinski definition) is 1.